The van der Waals surface area contributed by atoms with Crippen LogP contribution in [0.1, 0.15) is 38.3 Å². The molecule has 0 unspecified atom stereocenters. The Hall–Kier alpha value is -1.49. The summed E-state index contributed by atoms with van der Waals surface area (Å²) in [5.74, 6) is 0. The second-order valence-electron chi connectivity index (χ2n) is 6.91. The van der Waals surface area contributed by atoms with E-state index in [2.05, 4.69) is 50.5 Å². The highest BCUT2D eigenvalue weighted by molar-refractivity contribution is 6.32. The summed E-state index contributed by atoms with van der Waals surface area (Å²) in [6, 6.07) is 8.37. The van der Waals surface area contributed by atoms with E-state index in [-0.39, 0.29) is 12.1 Å². The van der Waals surface area contributed by atoms with Crippen LogP contribution in [-0.4, -0.2) is 28.9 Å². The van der Waals surface area contributed by atoms with Crippen molar-refractivity contribution in [2.45, 2.75) is 45.8 Å². The maximum atomic E-state index is 8.71. The van der Waals surface area contributed by atoms with Gasteiger partial charge in [0.15, 0.2) is 0 Å². The molecule has 0 spiro atoms. The van der Waals surface area contributed by atoms with Crippen LogP contribution < -0.4 is 5.43 Å². The first-order chi connectivity index (χ1) is 11.4. The molecule has 0 bridgehead atoms. The van der Waals surface area contributed by atoms with Crippen LogP contribution in [0.25, 0.3) is 0 Å². The van der Waals surface area contributed by atoms with Crippen LogP contribution in [0.4, 0.5) is 0 Å². The molecule has 5 heteroatoms. The van der Waals surface area contributed by atoms with E-state index in [1.165, 1.54) is 5.56 Å². The summed E-state index contributed by atoms with van der Waals surface area (Å²) >= 11 is 6.42. The van der Waals surface area contributed by atoms with Gasteiger partial charge in [-0.15, -0.1) is 0 Å². The number of aliphatic hydroxyl groups excluding tert-OH is 1. The van der Waals surface area contributed by atoms with Crippen LogP contribution in [0, 0.1) is 0 Å². The molecule has 2 rings (SSSR count). The highest BCUT2D eigenvalue weighted by atomic mass is 35.5. The minimum Gasteiger partial charge on any atom is -0.394 e. The monoisotopic (exact) mass is 350 g/mol. The number of allylic oxidation sites excluding steroid dienone is 2. The minimum absolute atomic E-state index is 0.0178. The third-order valence-corrected chi connectivity index (χ3v) is 4.20. The van der Waals surface area contributed by atoms with Crippen molar-refractivity contribution in [3.8, 4) is 0 Å². The predicted molar refractivity (Wildman–Crippen MR) is 98.3 cm³/mol. The molecule has 0 saturated heterocycles. The van der Waals surface area contributed by atoms with Crippen LogP contribution in [0.2, 0.25) is 0 Å². The first-order valence-electron chi connectivity index (χ1n) is 8.29. The van der Waals surface area contributed by atoms with Gasteiger partial charge in [-0.05, 0) is 50.3 Å². The van der Waals surface area contributed by atoms with Crippen LogP contribution in [0.15, 0.2) is 47.3 Å². The summed E-state index contributed by atoms with van der Waals surface area (Å²) in [6.07, 6.45) is 5.77. The Bertz CT molecular complexity index is 588. The van der Waals surface area contributed by atoms with Crippen molar-refractivity contribution in [3.05, 3.63) is 58.4 Å². The average Bonchev–Trinajstić information content (AvgIpc) is 2.54. The van der Waals surface area contributed by atoms with E-state index in [0.29, 0.717) is 13.2 Å². The van der Waals surface area contributed by atoms with Crippen molar-refractivity contribution < 1.29 is 9.84 Å². The first-order valence-corrected chi connectivity index (χ1v) is 8.66. The Balaban J connectivity index is 1.85. The average molecular weight is 351 g/mol. The van der Waals surface area contributed by atoms with Crippen molar-refractivity contribution in [3.63, 3.8) is 0 Å². The Labute approximate surface area is 149 Å². The van der Waals surface area contributed by atoms with Gasteiger partial charge in [0.25, 0.3) is 0 Å². The van der Waals surface area contributed by atoms with Crippen molar-refractivity contribution in [2.24, 2.45) is 0 Å². The van der Waals surface area contributed by atoms with Gasteiger partial charge in [-0.1, -0.05) is 35.9 Å². The van der Waals surface area contributed by atoms with Gasteiger partial charge >= 0.3 is 0 Å². The molecule has 0 aromatic heterocycles. The molecule has 0 radical (unpaired) electrons. The molecular weight excluding hydrogens is 324 g/mol. The van der Waals surface area contributed by atoms with Gasteiger partial charge in [-0.3, -0.25) is 5.01 Å². The van der Waals surface area contributed by atoms with Crippen molar-refractivity contribution in [1.29, 1.82) is 0 Å². The fraction of sp³-hybridized carbons (Fsp3) is 0.474. The quantitative estimate of drug-likeness (QED) is 0.736. The lowest BCUT2D eigenvalue weighted by Crippen LogP contribution is -2.46. The molecule has 0 saturated carbocycles. The van der Waals surface area contributed by atoms with Crippen LogP contribution in [0.5, 0.6) is 0 Å². The van der Waals surface area contributed by atoms with E-state index < -0.39 is 0 Å². The number of ether oxygens (including phenoxy) is 1. The zero-order valence-corrected chi connectivity index (χ0v) is 15.4. The molecule has 1 aromatic carbocycles. The maximum absolute atomic E-state index is 8.71. The molecule has 1 aliphatic rings. The predicted octanol–water partition coefficient (Wildman–Crippen LogP) is 3.71. The molecule has 1 heterocycles. The number of nitrogens with one attached hydrogen (secondary N) is 1. The second kappa shape index (κ2) is 8.56. The molecule has 1 aliphatic heterocycles. The Morgan fingerprint density at radius 3 is 2.38 bits per heavy atom. The van der Waals surface area contributed by atoms with E-state index in [0.717, 1.165) is 29.0 Å². The molecule has 1 aromatic rings. The Morgan fingerprint density at radius 1 is 1.12 bits per heavy atom. The summed E-state index contributed by atoms with van der Waals surface area (Å²) in [4.78, 5) is 0. The minimum atomic E-state index is -0.0178. The van der Waals surface area contributed by atoms with E-state index in [1.54, 1.807) is 0 Å². The molecule has 0 aliphatic carbocycles. The summed E-state index contributed by atoms with van der Waals surface area (Å²) in [5.41, 5.74) is 6.77. The number of halogens is 1. The number of nitrogens with zero attached hydrogens (tertiary/aromatic N) is 1. The third-order valence-electron chi connectivity index (χ3n) is 3.86. The van der Waals surface area contributed by atoms with Gasteiger partial charge in [-0.2, -0.15) is 0 Å². The lowest BCUT2D eigenvalue weighted by molar-refractivity contribution is 0.0815. The van der Waals surface area contributed by atoms with Crippen LogP contribution in [0.3, 0.4) is 0 Å². The maximum Gasteiger partial charge on any atom is 0.0718 e. The van der Waals surface area contributed by atoms with E-state index in [1.807, 2.05) is 17.4 Å². The molecule has 0 fully saturated rings. The van der Waals surface area contributed by atoms with Gasteiger partial charge < -0.3 is 15.3 Å². The molecule has 2 N–H and O–H groups in total. The lowest BCUT2D eigenvalue weighted by atomic mass is 10.0. The highest BCUT2D eigenvalue weighted by Crippen LogP contribution is 2.26. The molecule has 24 heavy (non-hydrogen) atoms. The smallest absolute Gasteiger partial charge is 0.0718 e. The third kappa shape index (κ3) is 5.55. The fourth-order valence-corrected chi connectivity index (χ4v) is 2.61. The normalized spacial score (nSPS) is 15.0. The number of hydrogen-bond donors (Lipinski definition) is 2. The summed E-state index contributed by atoms with van der Waals surface area (Å²) in [7, 11) is 0. The number of hydrogen-bond acceptors (Lipinski definition) is 4. The zero-order valence-electron chi connectivity index (χ0n) is 14.7. The second-order valence-corrected chi connectivity index (χ2v) is 7.32. The van der Waals surface area contributed by atoms with Crippen molar-refractivity contribution in [1.82, 2.24) is 10.4 Å². The van der Waals surface area contributed by atoms with Gasteiger partial charge in [0.1, 0.15) is 0 Å². The molecule has 0 amide bonds. The SMILES string of the molecule is CC(C)(C)N1C=C(Cl)C(CCc2ccc(COCCO)cc2)=CN1. The van der Waals surface area contributed by atoms with Gasteiger partial charge in [0, 0.05) is 12.4 Å². The lowest BCUT2D eigenvalue weighted by Gasteiger charge is -2.37. The van der Waals surface area contributed by atoms with Crippen LogP contribution >= 0.6 is 11.6 Å². The Kier molecular flexibility index (Phi) is 6.72. The van der Waals surface area contributed by atoms with Gasteiger partial charge in [0.2, 0.25) is 0 Å². The number of benzene rings is 1. The number of rotatable bonds is 7. The standard InChI is InChI=1S/C19H27ClN2O2/c1-19(2,3)22-13-18(20)17(12-21-22)9-8-15-4-6-16(7-5-15)14-24-11-10-23/h4-7,12-13,21,23H,8-11,14H2,1-3H3. The van der Waals surface area contributed by atoms with E-state index >= 15 is 0 Å². The van der Waals surface area contributed by atoms with E-state index in [4.69, 9.17) is 21.4 Å². The summed E-state index contributed by atoms with van der Waals surface area (Å²) in [6.45, 7) is 7.36. The van der Waals surface area contributed by atoms with Gasteiger partial charge in [-0.25, -0.2) is 0 Å². The van der Waals surface area contributed by atoms with Crippen molar-refractivity contribution in [2.75, 3.05) is 13.2 Å². The van der Waals surface area contributed by atoms with E-state index in [9.17, 15) is 0 Å². The number of aryl methyl sites for hydroxylation is 1. The fourth-order valence-electron chi connectivity index (χ4n) is 2.36. The largest absolute Gasteiger partial charge is 0.394 e. The highest BCUT2D eigenvalue weighted by Gasteiger charge is 2.21. The first kappa shape index (κ1) is 18.8. The van der Waals surface area contributed by atoms with Crippen LogP contribution in [-0.2, 0) is 17.8 Å². The summed E-state index contributed by atoms with van der Waals surface area (Å²) in [5, 5.41) is 11.5. The van der Waals surface area contributed by atoms with Crippen molar-refractivity contribution >= 4 is 11.6 Å². The topological polar surface area (TPSA) is 44.7 Å². The zero-order chi connectivity index (χ0) is 17.6. The number of hydrazine groups is 1. The van der Waals surface area contributed by atoms with Gasteiger partial charge in [0.05, 0.1) is 30.4 Å². The Morgan fingerprint density at radius 2 is 1.79 bits per heavy atom. The molecular formula is C19H27ClN2O2. The molecule has 132 valence electrons. The molecule has 0 atom stereocenters. The summed E-state index contributed by atoms with van der Waals surface area (Å²) < 4.78 is 5.32. The number of aliphatic hydroxyl groups is 1. The molecule has 4 nitrogen and oxygen atoms in total.